The minimum atomic E-state index is -1.82. The van der Waals surface area contributed by atoms with E-state index in [0.29, 0.717) is 18.5 Å². The Morgan fingerprint density at radius 1 is 1.27 bits per heavy atom. The van der Waals surface area contributed by atoms with Gasteiger partial charge in [-0.2, -0.15) is 0 Å². The number of carbonyl (C=O) groups is 3. The molecule has 162 valence electrons. The first-order valence-corrected chi connectivity index (χ1v) is 13.5. The summed E-state index contributed by atoms with van der Waals surface area (Å²) in [5.74, 6) is -1.59. The van der Waals surface area contributed by atoms with Crippen molar-refractivity contribution in [3.63, 3.8) is 0 Å². The second kappa shape index (κ2) is 8.23. The second-order valence-electron chi connectivity index (χ2n) is 8.70. The Labute approximate surface area is 177 Å². The van der Waals surface area contributed by atoms with Crippen LogP contribution in [0.3, 0.4) is 0 Å². The molecule has 2 heterocycles. The molecule has 0 saturated carbocycles. The average Bonchev–Trinajstić information content (AvgIpc) is 3.00. The normalized spacial score (nSPS) is 21.8. The number of carboxylic acids is 1. The predicted molar refractivity (Wildman–Crippen MR) is 115 cm³/mol. The topological polar surface area (TPSA) is 108 Å². The molecule has 9 heteroatoms. The summed E-state index contributed by atoms with van der Waals surface area (Å²) in [5.41, 5.74) is 2.40. The molecule has 1 aromatic rings. The molecule has 1 fully saturated rings. The van der Waals surface area contributed by atoms with Gasteiger partial charge in [-0.3, -0.25) is 4.79 Å². The maximum Gasteiger partial charge on any atom is 0.352 e. The Balaban J connectivity index is 1.80. The quantitative estimate of drug-likeness (QED) is 0.454. The predicted octanol–water partition coefficient (Wildman–Crippen LogP) is 2.38. The molecule has 1 aromatic carbocycles. The standard InChI is InChI=1S/C21H29N3O5Si/c1-12(29-30(3,4)5)17-16-10-15(18(20(26)27)24(16)19(17)25)14-8-6-13(7-9-14)11-23-21(28)22-2/h6-9,12,16-17H,10-11H2,1-5H3,(H,26,27)(H2,22,23,28)/t12-,16-,17-/m1/s1. The lowest BCUT2D eigenvalue weighted by Gasteiger charge is -2.47. The fourth-order valence-corrected chi connectivity index (χ4v) is 5.50. The third-order valence-corrected chi connectivity index (χ3v) is 6.52. The van der Waals surface area contributed by atoms with Crippen molar-refractivity contribution in [2.75, 3.05) is 7.05 Å². The van der Waals surface area contributed by atoms with Crippen LogP contribution in [0.1, 0.15) is 24.5 Å². The summed E-state index contributed by atoms with van der Waals surface area (Å²) in [6.07, 6.45) is 0.255. The van der Waals surface area contributed by atoms with Crippen LogP contribution in [0.15, 0.2) is 30.0 Å². The van der Waals surface area contributed by atoms with Crippen LogP contribution in [0, 0.1) is 5.92 Å². The van der Waals surface area contributed by atoms with Gasteiger partial charge in [0.1, 0.15) is 5.70 Å². The molecule has 2 aliphatic heterocycles. The summed E-state index contributed by atoms with van der Waals surface area (Å²) < 4.78 is 6.11. The van der Waals surface area contributed by atoms with Crippen LogP contribution < -0.4 is 10.6 Å². The Hall–Kier alpha value is -2.65. The number of carboxylic acid groups (broad SMARTS) is 1. The van der Waals surface area contributed by atoms with E-state index < -0.39 is 14.3 Å². The van der Waals surface area contributed by atoms with Crippen molar-refractivity contribution in [3.8, 4) is 0 Å². The Morgan fingerprint density at radius 3 is 2.43 bits per heavy atom. The fraction of sp³-hybridized carbons (Fsp3) is 0.476. The number of amides is 3. The van der Waals surface area contributed by atoms with Crippen LogP contribution in [0.25, 0.3) is 5.57 Å². The minimum absolute atomic E-state index is 0.0673. The van der Waals surface area contributed by atoms with Gasteiger partial charge in [-0.05, 0) is 49.7 Å². The van der Waals surface area contributed by atoms with E-state index >= 15 is 0 Å². The van der Waals surface area contributed by atoms with Crippen molar-refractivity contribution >= 4 is 31.8 Å². The molecule has 30 heavy (non-hydrogen) atoms. The zero-order chi connectivity index (χ0) is 22.2. The first kappa shape index (κ1) is 22.0. The van der Waals surface area contributed by atoms with Crippen molar-refractivity contribution in [1.29, 1.82) is 0 Å². The van der Waals surface area contributed by atoms with E-state index in [1.165, 1.54) is 4.90 Å². The highest BCUT2D eigenvalue weighted by atomic mass is 28.4. The van der Waals surface area contributed by atoms with Gasteiger partial charge in [-0.25, -0.2) is 9.59 Å². The molecule has 0 radical (unpaired) electrons. The molecule has 0 aromatic heterocycles. The summed E-state index contributed by atoms with van der Waals surface area (Å²) in [7, 11) is -0.271. The molecule has 3 atom stereocenters. The number of rotatable bonds is 7. The van der Waals surface area contributed by atoms with E-state index in [0.717, 1.165) is 11.1 Å². The highest BCUT2D eigenvalue weighted by molar-refractivity contribution is 6.69. The van der Waals surface area contributed by atoms with E-state index in [2.05, 4.69) is 30.3 Å². The van der Waals surface area contributed by atoms with Crippen molar-refractivity contribution in [2.24, 2.45) is 5.92 Å². The number of β-lactam (4-membered cyclic amide) rings is 1. The lowest BCUT2D eigenvalue weighted by molar-refractivity contribution is -0.160. The smallest absolute Gasteiger partial charge is 0.352 e. The third kappa shape index (κ3) is 4.27. The monoisotopic (exact) mass is 431 g/mol. The highest BCUT2D eigenvalue weighted by Crippen LogP contribution is 2.47. The van der Waals surface area contributed by atoms with Crippen molar-refractivity contribution < 1.29 is 23.9 Å². The molecule has 0 bridgehead atoms. The lowest BCUT2D eigenvalue weighted by Crippen LogP contribution is -2.63. The van der Waals surface area contributed by atoms with Crippen LogP contribution in [0.2, 0.25) is 19.6 Å². The zero-order valence-electron chi connectivity index (χ0n) is 18.0. The van der Waals surface area contributed by atoms with E-state index in [1.807, 2.05) is 31.2 Å². The number of nitrogens with one attached hydrogen (secondary N) is 2. The van der Waals surface area contributed by atoms with Crippen LogP contribution in [-0.2, 0) is 20.6 Å². The number of hydrogen-bond donors (Lipinski definition) is 3. The van der Waals surface area contributed by atoms with Crippen LogP contribution in [0.5, 0.6) is 0 Å². The molecular weight excluding hydrogens is 402 g/mol. The summed E-state index contributed by atoms with van der Waals surface area (Å²) in [6, 6.07) is 6.93. The van der Waals surface area contributed by atoms with Gasteiger partial charge in [0.2, 0.25) is 5.91 Å². The number of aliphatic carboxylic acids is 1. The number of hydrogen-bond acceptors (Lipinski definition) is 4. The molecule has 0 unspecified atom stereocenters. The number of benzene rings is 1. The molecule has 3 rings (SSSR count). The molecule has 8 nitrogen and oxygen atoms in total. The van der Waals surface area contributed by atoms with Crippen molar-refractivity contribution in [2.45, 2.75) is 51.7 Å². The fourth-order valence-electron chi connectivity index (χ4n) is 4.24. The van der Waals surface area contributed by atoms with Gasteiger partial charge in [-0.15, -0.1) is 0 Å². The summed E-state index contributed by atoms with van der Waals surface area (Å²) in [5, 5.41) is 15.0. The van der Waals surface area contributed by atoms with Crippen LogP contribution >= 0.6 is 0 Å². The molecule has 3 N–H and O–H groups in total. The molecular formula is C21H29N3O5Si. The largest absolute Gasteiger partial charge is 0.477 e. The summed E-state index contributed by atoms with van der Waals surface area (Å²) >= 11 is 0. The lowest BCUT2D eigenvalue weighted by atomic mass is 9.82. The van der Waals surface area contributed by atoms with Crippen LogP contribution in [-0.4, -0.2) is 55.4 Å². The van der Waals surface area contributed by atoms with E-state index in [-0.39, 0.29) is 35.7 Å². The van der Waals surface area contributed by atoms with Gasteiger partial charge in [-0.1, -0.05) is 24.3 Å². The summed E-state index contributed by atoms with van der Waals surface area (Å²) in [4.78, 5) is 37.5. The number of nitrogens with zero attached hydrogens (tertiary/aromatic N) is 1. The van der Waals surface area contributed by atoms with Gasteiger partial charge in [0.05, 0.1) is 18.1 Å². The molecule has 0 aliphatic carbocycles. The van der Waals surface area contributed by atoms with E-state index in [4.69, 9.17) is 4.43 Å². The molecule has 1 saturated heterocycles. The third-order valence-electron chi connectivity index (χ3n) is 5.44. The van der Waals surface area contributed by atoms with E-state index in [1.54, 1.807) is 7.05 Å². The van der Waals surface area contributed by atoms with E-state index in [9.17, 15) is 19.5 Å². The molecule has 3 amide bonds. The number of carbonyl (C=O) groups excluding carboxylic acids is 2. The Bertz CT molecular complexity index is 891. The molecule has 2 aliphatic rings. The maximum atomic E-state index is 12.8. The van der Waals surface area contributed by atoms with Crippen molar-refractivity contribution in [3.05, 3.63) is 41.1 Å². The van der Waals surface area contributed by atoms with Gasteiger partial charge in [0.25, 0.3) is 0 Å². The van der Waals surface area contributed by atoms with Gasteiger partial charge < -0.3 is 25.1 Å². The minimum Gasteiger partial charge on any atom is -0.477 e. The summed E-state index contributed by atoms with van der Waals surface area (Å²) in [6.45, 7) is 8.50. The Morgan fingerprint density at radius 2 is 1.90 bits per heavy atom. The SMILES string of the molecule is CNC(=O)NCc1ccc(C2=C(C(=O)O)N3C(=O)[C@H]([C@@H](C)O[Si](C)(C)C)[C@H]3C2)cc1. The zero-order valence-corrected chi connectivity index (χ0v) is 19.0. The average molecular weight is 432 g/mol. The van der Waals surface area contributed by atoms with Crippen molar-refractivity contribution in [1.82, 2.24) is 15.5 Å². The second-order valence-corrected chi connectivity index (χ2v) is 13.2. The number of fused-ring (bicyclic) bond motifs is 1. The van der Waals surface area contributed by atoms with Gasteiger partial charge >= 0.3 is 12.0 Å². The van der Waals surface area contributed by atoms with Gasteiger partial charge in [0, 0.05) is 13.6 Å². The molecule has 0 spiro atoms. The first-order valence-electron chi connectivity index (χ1n) is 10.1. The highest BCUT2D eigenvalue weighted by Gasteiger charge is 2.57. The maximum absolute atomic E-state index is 12.8. The van der Waals surface area contributed by atoms with Gasteiger partial charge in [0.15, 0.2) is 8.32 Å². The number of urea groups is 1. The Kier molecular flexibility index (Phi) is 6.05. The van der Waals surface area contributed by atoms with Crippen LogP contribution in [0.4, 0.5) is 4.79 Å². The first-order chi connectivity index (χ1) is 14.0.